The van der Waals surface area contributed by atoms with E-state index in [2.05, 4.69) is 35.4 Å². The molecule has 0 aromatic carbocycles. The molecule has 142 valence electrons. The van der Waals surface area contributed by atoms with Gasteiger partial charge in [-0.3, -0.25) is 14.5 Å². The molecule has 2 aliphatic heterocycles. The largest absolute Gasteiger partial charge is 0.340 e. The summed E-state index contributed by atoms with van der Waals surface area (Å²) in [6.45, 7) is 7.51. The van der Waals surface area contributed by atoms with Gasteiger partial charge in [-0.1, -0.05) is 6.08 Å². The molecule has 6 heteroatoms. The number of likely N-dealkylation sites (N-methyl/N-ethyl adjacent to an activating group) is 1. The number of hydrogen-bond acceptors (Lipinski definition) is 4. The van der Waals surface area contributed by atoms with Crippen LogP contribution in [0.5, 0.6) is 0 Å². The van der Waals surface area contributed by atoms with Crippen molar-refractivity contribution < 1.29 is 9.59 Å². The van der Waals surface area contributed by atoms with E-state index in [4.69, 9.17) is 0 Å². The first-order valence-corrected chi connectivity index (χ1v) is 10.4. The maximum Gasteiger partial charge on any atom is 0.223 e. The Bertz CT molecular complexity index is 645. The fraction of sp³-hybridized carbons (Fsp3) is 0.600. The van der Waals surface area contributed by atoms with Gasteiger partial charge >= 0.3 is 0 Å². The molecular formula is C20H29N3O2S. The van der Waals surface area contributed by atoms with E-state index in [0.717, 1.165) is 45.4 Å². The van der Waals surface area contributed by atoms with E-state index in [1.807, 2.05) is 9.80 Å². The molecule has 0 bridgehead atoms. The molecule has 2 fully saturated rings. The maximum absolute atomic E-state index is 12.8. The van der Waals surface area contributed by atoms with Gasteiger partial charge in [0, 0.05) is 51.1 Å². The molecule has 5 nitrogen and oxygen atoms in total. The maximum atomic E-state index is 12.8. The Balaban J connectivity index is 1.64. The fourth-order valence-corrected chi connectivity index (χ4v) is 4.80. The van der Waals surface area contributed by atoms with E-state index in [9.17, 15) is 9.59 Å². The van der Waals surface area contributed by atoms with Crippen molar-refractivity contribution in [3.63, 3.8) is 0 Å². The molecule has 2 aliphatic rings. The fourth-order valence-electron chi connectivity index (χ4n) is 4.10. The standard InChI is InChI=1S/C20H29N3O2S/c1-3-10-22-11-9-20(8-6-19(22)25)16-23(13-12-21(20)2)18(24)5-4-17-7-14-26-15-17/h3,7,14-15H,1,4-6,8-13,16H2,2H3/t20-/m0/s1. The molecule has 3 heterocycles. The predicted octanol–water partition coefficient (Wildman–Crippen LogP) is 2.39. The average Bonchev–Trinajstić information content (AvgIpc) is 3.11. The second-order valence-corrected chi connectivity index (χ2v) is 8.25. The smallest absolute Gasteiger partial charge is 0.223 e. The average molecular weight is 376 g/mol. The summed E-state index contributed by atoms with van der Waals surface area (Å²) in [6, 6.07) is 2.09. The molecule has 0 unspecified atom stereocenters. The lowest BCUT2D eigenvalue weighted by molar-refractivity contribution is -0.136. The number of amides is 2. The molecule has 2 saturated heterocycles. The van der Waals surface area contributed by atoms with Crippen LogP contribution in [0.2, 0.25) is 0 Å². The third kappa shape index (κ3) is 4.18. The van der Waals surface area contributed by atoms with Crippen LogP contribution in [0, 0.1) is 0 Å². The second kappa shape index (κ2) is 8.35. The van der Waals surface area contributed by atoms with Gasteiger partial charge in [-0.25, -0.2) is 0 Å². The van der Waals surface area contributed by atoms with Crippen LogP contribution < -0.4 is 0 Å². The van der Waals surface area contributed by atoms with Gasteiger partial charge in [0.25, 0.3) is 0 Å². The van der Waals surface area contributed by atoms with Crippen molar-refractivity contribution in [1.29, 1.82) is 0 Å². The lowest BCUT2D eigenvalue weighted by Gasteiger charge is -2.49. The summed E-state index contributed by atoms with van der Waals surface area (Å²) >= 11 is 1.68. The normalized spacial score (nSPS) is 24.7. The molecule has 0 radical (unpaired) electrons. The Morgan fingerprint density at radius 2 is 2.19 bits per heavy atom. The molecule has 1 spiro atoms. The minimum absolute atomic E-state index is 0.0815. The first-order chi connectivity index (χ1) is 12.5. The monoisotopic (exact) mass is 375 g/mol. The number of nitrogens with zero attached hydrogens (tertiary/aromatic N) is 3. The SMILES string of the molecule is C=CCN1CC[C@@]2(CCC1=O)CN(C(=O)CCc1ccsc1)CCN2C. The van der Waals surface area contributed by atoms with E-state index in [1.165, 1.54) is 5.56 Å². The first-order valence-electron chi connectivity index (χ1n) is 9.43. The molecule has 1 aromatic heterocycles. The minimum Gasteiger partial charge on any atom is -0.340 e. The van der Waals surface area contributed by atoms with Crippen molar-refractivity contribution >= 4 is 23.2 Å². The van der Waals surface area contributed by atoms with E-state index in [1.54, 1.807) is 17.4 Å². The van der Waals surface area contributed by atoms with Crippen LogP contribution in [-0.4, -0.2) is 71.8 Å². The summed E-state index contributed by atoms with van der Waals surface area (Å²) in [7, 11) is 2.14. The minimum atomic E-state index is -0.0815. The van der Waals surface area contributed by atoms with Crippen molar-refractivity contribution in [2.45, 2.75) is 37.6 Å². The first kappa shape index (κ1) is 19.1. The van der Waals surface area contributed by atoms with E-state index in [0.29, 0.717) is 19.4 Å². The predicted molar refractivity (Wildman–Crippen MR) is 105 cm³/mol. The Morgan fingerprint density at radius 3 is 2.92 bits per heavy atom. The molecule has 0 aliphatic carbocycles. The number of carbonyl (C=O) groups is 2. The Hall–Kier alpha value is -1.66. The number of rotatable bonds is 5. The molecule has 1 atom stereocenters. The second-order valence-electron chi connectivity index (χ2n) is 7.47. The van der Waals surface area contributed by atoms with Gasteiger partial charge in [0.2, 0.25) is 11.8 Å². The van der Waals surface area contributed by atoms with Crippen LogP contribution in [0.15, 0.2) is 29.5 Å². The zero-order valence-electron chi connectivity index (χ0n) is 15.7. The van der Waals surface area contributed by atoms with Crippen LogP contribution in [-0.2, 0) is 16.0 Å². The third-order valence-corrected chi connectivity index (χ3v) is 6.65. The van der Waals surface area contributed by atoms with Crippen molar-refractivity contribution in [3.8, 4) is 0 Å². The Kier molecular flexibility index (Phi) is 6.14. The number of likely N-dealkylation sites (tertiary alicyclic amines) is 1. The zero-order valence-corrected chi connectivity index (χ0v) is 16.5. The van der Waals surface area contributed by atoms with E-state index < -0.39 is 0 Å². The van der Waals surface area contributed by atoms with Gasteiger partial charge < -0.3 is 9.80 Å². The topological polar surface area (TPSA) is 43.9 Å². The molecule has 0 saturated carbocycles. The quantitative estimate of drug-likeness (QED) is 0.743. The van der Waals surface area contributed by atoms with Gasteiger partial charge in [-0.2, -0.15) is 11.3 Å². The summed E-state index contributed by atoms with van der Waals surface area (Å²) in [4.78, 5) is 31.4. The van der Waals surface area contributed by atoms with Crippen molar-refractivity contribution in [2.75, 3.05) is 39.8 Å². The molecule has 26 heavy (non-hydrogen) atoms. The number of aryl methyl sites for hydroxylation is 1. The number of hydrogen-bond donors (Lipinski definition) is 0. The lowest BCUT2D eigenvalue weighted by atomic mass is 9.86. The summed E-state index contributed by atoms with van der Waals surface area (Å²) in [6.07, 6.45) is 5.46. The van der Waals surface area contributed by atoms with Crippen molar-refractivity contribution in [3.05, 3.63) is 35.0 Å². The van der Waals surface area contributed by atoms with Crippen LogP contribution in [0.1, 0.15) is 31.2 Å². The van der Waals surface area contributed by atoms with Crippen LogP contribution >= 0.6 is 11.3 Å². The molecule has 0 N–H and O–H groups in total. The van der Waals surface area contributed by atoms with Gasteiger partial charge in [0.05, 0.1) is 0 Å². The molecule has 2 amide bonds. The highest BCUT2D eigenvalue weighted by Crippen LogP contribution is 2.32. The van der Waals surface area contributed by atoms with Crippen LogP contribution in [0.3, 0.4) is 0 Å². The van der Waals surface area contributed by atoms with E-state index in [-0.39, 0.29) is 17.4 Å². The highest BCUT2D eigenvalue weighted by Gasteiger charge is 2.43. The summed E-state index contributed by atoms with van der Waals surface area (Å²) < 4.78 is 0. The highest BCUT2D eigenvalue weighted by atomic mass is 32.1. The summed E-state index contributed by atoms with van der Waals surface area (Å²) in [5, 5.41) is 4.17. The molecule has 1 aromatic rings. The summed E-state index contributed by atoms with van der Waals surface area (Å²) in [5.74, 6) is 0.443. The summed E-state index contributed by atoms with van der Waals surface area (Å²) in [5.41, 5.74) is 1.16. The molecule has 3 rings (SSSR count). The number of piperazine rings is 1. The number of carbonyl (C=O) groups excluding carboxylic acids is 2. The van der Waals surface area contributed by atoms with Crippen molar-refractivity contribution in [1.82, 2.24) is 14.7 Å². The number of thiophene rings is 1. The van der Waals surface area contributed by atoms with Crippen LogP contribution in [0.25, 0.3) is 0 Å². The highest BCUT2D eigenvalue weighted by molar-refractivity contribution is 7.07. The Labute approximate surface area is 160 Å². The van der Waals surface area contributed by atoms with Crippen molar-refractivity contribution in [2.24, 2.45) is 0 Å². The Morgan fingerprint density at radius 1 is 1.35 bits per heavy atom. The lowest BCUT2D eigenvalue weighted by Crippen LogP contribution is -2.62. The van der Waals surface area contributed by atoms with E-state index >= 15 is 0 Å². The van der Waals surface area contributed by atoms with Gasteiger partial charge in [-0.05, 0) is 48.7 Å². The van der Waals surface area contributed by atoms with Gasteiger partial charge in [0.1, 0.15) is 0 Å². The molecular weight excluding hydrogens is 346 g/mol. The van der Waals surface area contributed by atoms with Gasteiger partial charge in [0.15, 0.2) is 0 Å². The third-order valence-electron chi connectivity index (χ3n) is 5.91. The zero-order chi connectivity index (χ0) is 18.6. The van der Waals surface area contributed by atoms with Crippen LogP contribution in [0.4, 0.5) is 0 Å². The van der Waals surface area contributed by atoms with Gasteiger partial charge in [-0.15, -0.1) is 6.58 Å².